The highest BCUT2D eigenvalue weighted by Gasteiger charge is 2.30. The van der Waals surface area contributed by atoms with E-state index in [1.807, 2.05) is 12.3 Å². The number of sulfonamides is 1. The number of nitrogens with one attached hydrogen (secondary N) is 1. The largest absolute Gasteiger partial charge is 0.366 e. The van der Waals surface area contributed by atoms with Crippen LogP contribution >= 0.6 is 0 Å². The summed E-state index contributed by atoms with van der Waals surface area (Å²) in [6.07, 6.45) is 6.18. The van der Waals surface area contributed by atoms with Crippen molar-refractivity contribution >= 4 is 26.8 Å². The van der Waals surface area contributed by atoms with Gasteiger partial charge in [0.1, 0.15) is 0 Å². The molecule has 1 aromatic heterocycles. The molecule has 3 N–H and O–H groups in total. The Bertz CT molecular complexity index is 1410. The van der Waals surface area contributed by atoms with Crippen molar-refractivity contribution in [2.75, 3.05) is 38.5 Å². The van der Waals surface area contributed by atoms with Gasteiger partial charge in [-0.3, -0.25) is 4.79 Å². The number of aromatic amines is 1. The van der Waals surface area contributed by atoms with Crippen LogP contribution in [0.5, 0.6) is 0 Å². The van der Waals surface area contributed by atoms with E-state index in [-0.39, 0.29) is 17.2 Å². The van der Waals surface area contributed by atoms with Crippen molar-refractivity contribution in [3.8, 4) is 11.1 Å². The molecule has 2 saturated heterocycles. The minimum absolute atomic E-state index is 0.0886. The molecule has 2 fully saturated rings. The summed E-state index contributed by atoms with van der Waals surface area (Å²) < 4.78 is 54.9. The van der Waals surface area contributed by atoms with Crippen molar-refractivity contribution in [3.05, 3.63) is 59.3 Å². The summed E-state index contributed by atoms with van der Waals surface area (Å²) in [5.41, 5.74) is 8.45. The van der Waals surface area contributed by atoms with Crippen molar-refractivity contribution in [1.82, 2.24) is 14.2 Å². The van der Waals surface area contributed by atoms with Gasteiger partial charge in [-0.2, -0.15) is 0 Å². The molecule has 2 aromatic carbocycles. The molecule has 7 nitrogen and oxygen atoms in total. The van der Waals surface area contributed by atoms with Crippen molar-refractivity contribution in [3.63, 3.8) is 0 Å². The summed E-state index contributed by atoms with van der Waals surface area (Å²) in [5, 5.41) is 0.781. The van der Waals surface area contributed by atoms with E-state index in [1.165, 1.54) is 18.9 Å². The van der Waals surface area contributed by atoms with E-state index in [0.29, 0.717) is 49.0 Å². The van der Waals surface area contributed by atoms with Crippen LogP contribution in [0.15, 0.2) is 36.5 Å². The zero-order valence-electron chi connectivity index (χ0n) is 20.7. The second-order valence-electron chi connectivity index (χ2n) is 10.1. The van der Waals surface area contributed by atoms with Crippen LogP contribution in [0.2, 0.25) is 0 Å². The maximum absolute atomic E-state index is 13.9. The number of benzene rings is 2. The monoisotopic (exact) mass is 530 g/mol. The minimum atomic E-state index is -3.31. The Hall–Kier alpha value is -2.82. The number of carbonyl (C=O) groups is 1. The number of nitrogens with two attached hydrogens (primary N) is 1. The lowest BCUT2D eigenvalue weighted by atomic mass is 9.88. The second kappa shape index (κ2) is 10.5. The van der Waals surface area contributed by atoms with Gasteiger partial charge in [-0.25, -0.2) is 21.5 Å². The molecular weight excluding hydrogens is 498 g/mol. The van der Waals surface area contributed by atoms with Crippen LogP contribution in [-0.4, -0.2) is 67.0 Å². The highest BCUT2D eigenvalue weighted by Crippen LogP contribution is 2.37. The number of hydrogen-bond donors (Lipinski definition) is 2. The zero-order valence-corrected chi connectivity index (χ0v) is 21.5. The second-order valence-corrected chi connectivity index (χ2v) is 12.2. The predicted octanol–water partition coefficient (Wildman–Crippen LogP) is 4.21. The van der Waals surface area contributed by atoms with Gasteiger partial charge >= 0.3 is 0 Å². The smallest absolute Gasteiger partial charge is 0.250 e. The Balaban J connectivity index is 1.34. The molecule has 5 rings (SSSR count). The normalized spacial score (nSPS) is 18.1. The number of likely N-dealkylation sites (tertiary alicyclic amines) is 1. The quantitative estimate of drug-likeness (QED) is 0.456. The number of nitrogens with zero attached hydrogens (tertiary/aromatic N) is 2. The maximum atomic E-state index is 13.9. The number of halogens is 2. The number of carbonyl (C=O) groups excluding carboxylic acids is 1. The van der Waals surface area contributed by atoms with Gasteiger partial charge in [-0.1, -0.05) is 6.07 Å². The van der Waals surface area contributed by atoms with Crippen LogP contribution in [0, 0.1) is 11.6 Å². The predicted molar refractivity (Wildman–Crippen MR) is 140 cm³/mol. The van der Waals surface area contributed by atoms with Gasteiger partial charge in [0.15, 0.2) is 11.6 Å². The molecule has 198 valence electrons. The Labute approximate surface area is 215 Å². The number of H-pyrrole nitrogens is 1. The highest BCUT2D eigenvalue weighted by atomic mass is 32.2. The van der Waals surface area contributed by atoms with Gasteiger partial charge in [-0.05, 0) is 98.6 Å². The van der Waals surface area contributed by atoms with E-state index in [2.05, 4.69) is 9.88 Å². The Kier molecular flexibility index (Phi) is 7.33. The number of hydrogen-bond acceptors (Lipinski definition) is 4. The SMILES string of the molecule is NC(=O)c1cc(-c2ccc(F)c(F)c2)cc2c(C3CCN(S(=O)(=O)CCCN4CCCC4)CC3)c[nH]c12. The number of amides is 1. The molecule has 0 spiro atoms. The summed E-state index contributed by atoms with van der Waals surface area (Å²) in [6, 6.07) is 7.04. The molecule has 2 aliphatic heterocycles. The van der Waals surface area contributed by atoms with Gasteiger partial charge in [-0.15, -0.1) is 0 Å². The van der Waals surface area contributed by atoms with Crippen LogP contribution in [-0.2, 0) is 10.0 Å². The van der Waals surface area contributed by atoms with E-state index in [9.17, 15) is 22.0 Å². The number of piperidine rings is 1. The molecule has 0 atom stereocenters. The van der Waals surface area contributed by atoms with Crippen LogP contribution in [0.25, 0.3) is 22.0 Å². The molecule has 3 heterocycles. The van der Waals surface area contributed by atoms with Crippen molar-refractivity contribution in [2.24, 2.45) is 5.73 Å². The fourth-order valence-electron chi connectivity index (χ4n) is 5.68. The molecule has 37 heavy (non-hydrogen) atoms. The molecule has 10 heteroatoms. The first-order valence-corrected chi connectivity index (χ1v) is 14.4. The Morgan fingerprint density at radius 3 is 2.41 bits per heavy atom. The molecule has 0 aliphatic carbocycles. The molecule has 0 unspecified atom stereocenters. The van der Waals surface area contributed by atoms with Crippen molar-refractivity contribution in [2.45, 2.75) is 38.0 Å². The fourth-order valence-corrected chi connectivity index (χ4v) is 7.20. The van der Waals surface area contributed by atoms with E-state index in [0.717, 1.165) is 42.7 Å². The van der Waals surface area contributed by atoms with Gasteiger partial charge in [0.2, 0.25) is 10.0 Å². The van der Waals surface area contributed by atoms with Gasteiger partial charge in [0.25, 0.3) is 5.91 Å². The third kappa shape index (κ3) is 5.42. The molecule has 0 radical (unpaired) electrons. The number of rotatable bonds is 8. The molecule has 0 bridgehead atoms. The first-order chi connectivity index (χ1) is 17.7. The topological polar surface area (TPSA) is 99.5 Å². The van der Waals surface area contributed by atoms with Crippen molar-refractivity contribution in [1.29, 1.82) is 0 Å². The van der Waals surface area contributed by atoms with Crippen LogP contribution < -0.4 is 5.73 Å². The summed E-state index contributed by atoms with van der Waals surface area (Å²) in [4.78, 5) is 17.7. The third-order valence-corrected chi connectivity index (χ3v) is 9.66. The van der Waals surface area contributed by atoms with Crippen LogP contribution in [0.3, 0.4) is 0 Å². The number of fused-ring (bicyclic) bond motifs is 1. The Morgan fingerprint density at radius 2 is 1.73 bits per heavy atom. The van der Waals surface area contributed by atoms with Crippen LogP contribution in [0.1, 0.15) is 53.9 Å². The van der Waals surface area contributed by atoms with E-state index < -0.39 is 27.6 Å². The van der Waals surface area contributed by atoms with E-state index in [4.69, 9.17) is 5.73 Å². The zero-order chi connectivity index (χ0) is 26.2. The maximum Gasteiger partial charge on any atom is 0.250 e. The lowest BCUT2D eigenvalue weighted by Gasteiger charge is -2.31. The molecule has 1 amide bonds. The number of primary amides is 1. The van der Waals surface area contributed by atoms with Gasteiger partial charge < -0.3 is 15.6 Å². The molecule has 3 aromatic rings. The van der Waals surface area contributed by atoms with E-state index >= 15 is 0 Å². The summed E-state index contributed by atoms with van der Waals surface area (Å²) in [7, 11) is -3.31. The number of aromatic nitrogens is 1. The standard InChI is InChI=1S/C27H32F2N4O3S/c28-24-5-4-19(16-25(24)29)20-14-21-23(17-31-26(21)22(15-20)27(30)34)18-6-11-33(12-7-18)37(35,36)13-3-10-32-8-1-2-9-32/h4-5,14-18,31H,1-3,6-13H2,(H2,30,34). The fraction of sp³-hybridized carbons (Fsp3) is 0.444. The molecular formula is C27H32F2N4O3S. The Morgan fingerprint density at radius 1 is 1.00 bits per heavy atom. The molecule has 0 saturated carbocycles. The van der Waals surface area contributed by atoms with Gasteiger partial charge in [0.05, 0.1) is 16.8 Å². The summed E-state index contributed by atoms with van der Waals surface area (Å²) in [5.74, 6) is -2.29. The molecule has 2 aliphatic rings. The minimum Gasteiger partial charge on any atom is -0.366 e. The lowest BCUT2D eigenvalue weighted by Crippen LogP contribution is -2.39. The average molecular weight is 531 g/mol. The van der Waals surface area contributed by atoms with Crippen LogP contribution in [0.4, 0.5) is 8.78 Å². The van der Waals surface area contributed by atoms with Crippen molar-refractivity contribution < 1.29 is 22.0 Å². The van der Waals surface area contributed by atoms with E-state index in [1.54, 1.807) is 10.4 Å². The first-order valence-electron chi connectivity index (χ1n) is 12.8. The first kappa shape index (κ1) is 25.8. The lowest BCUT2D eigenvalue weighted by molar-refractivity contribution is 0.100. The summed E-state index contributed by atoms with van der Waals surface area (Å²) in [6.45, 7) is 3.83. The third-order valence-electron chi connectivity index (χ3n) is 7.70. The van der Waals surface area contributed by atoms with Gasteiger partial charge in [0, 0.05) is 24.7 Å². The highest BCUT2D eigenvalue weighted by molar-refractivity contribution is 7.89. The summed E-state index contributed by atoms with van der Waals surface area (Å²) >= 11 is 0. The average Bonchev–Trinajstić information content (AvgIpc) is 3.55.